The van der Waals surface area contributed by atoms with Crippen LogP contribution in [-0.4, -0.2) is 47.6 Å². The van der Waals surface area contributed by atoms with E-state index in [1.807, 2.05) is 0 Å². The normalized spacial score (nSPS) is 34.2. The molecule has 0 bridgehead atoms. The highest BCUT2D eigenvalue weighted by Crippen LogP contribution is 2.41. The maximum Gasteiger partial charge on any atom is 0.0309 e. The molecule has 2 nitrogen and oxygen atoms in total. The van der Waals surface area contributed by atoms with Gasteiger partial charge in [0, 0.05) is 37.0 Å². The van der Waals surface area contributed by atoms with Crippen molar-refractivity contribution in [3.63, 3.8) is 0 Å². The molecule has 3 heteroatoms. The van der Waals surface area contributed by atoms with E-state index in [0.717, 1.165) is 17.9 Å². The molecule has 0 amide bonds. The lowest BCUT2D eigenvalue weighted by molar-refractivity contribution is 0.0579. The highest BCUT2D eigenvalue weighted by atomic mass is 32.2. The fraction of sp³-hybridized carbons (Fsp3) is 1.00. The maximum atomic E-state index is 3.86. The average molecular weight is 270 g/mol. The molecule has 0 aromatic carbocycles. The van der Waals surface area contributed by atoms with Crippen LogP contribution >= 0.6 is 11.8 Å². The molecule has 0 spiro atoms. The summed E-state index contributed by atoms with van der Waals surface area (Å²) in [5, 5.41) is 3.86. The molecule has 18 heavy (non-hydrogen) atoms. The molecular weight excluding hydrogens is 240 g/mol. The van der Waals surface area contributed by atoms with Gasteiger partial charge < -0.3 is 5.32 Å². The number of thioether (sulfide) groups is 1. The minimum Gasteiger partial charge on any atom is -0.308 e. The molecule has 106 valence electrons. The van der Waals surface area contributed by atoms with Crippen molar-refractivity contribution >= 4 is 11.8 Å². The van der Waals surface area contributed by atoms with Gasteiger partial charge in [-0.2, -0.15) is 11.8 Å². The first-order valence-electron chi connectivity index (χ1n) is 7.63. The van der Waals surface area contributed by atoms with Crippen LogP contribution in [0.4, 0.5) is 0 Å². The first-order valence-corrected chi connectivity index (χ1v) is 8.79. The minimum atomic E-state index is 0.391. The summed E-state index contributed by atoms with van der Waals surface area (Å²) in [4.78, 5) is 2.77. The van der Waals surface area contributed by atoms with Crippen molar-refractivity contribution in [3.05, 3.63) is 0 Å². The zero-order valence-corrected chi connectivity index (χ0v) is 13.4. The molecule has 2 aliphatic rings. The van der Waals surface area contributed by atoms with Crippen LogP contribution in [0.25, 0.3) is 0 Å². The first-order chi connectivity index (χ1) is 8.57. The fourth-order valence-electron chi connectivity index (χ4n) is 3.28. The number of piperazine rings is 1. The van der Waals surface area contributed by atoms with E-state index in [1.54, 1.807) is 0 Å². The van der Waals surface area contributed by atoms with E-state index in [0.29, 0.717) is 5.54 Å². The van der Waals surface area contributed by atoms with E-state index in [-0.39, 0.29) is 0 Å². The van der Waals surface area contributed by atoms with Gasteiger partial charge in [0.05, 0.1) is 0 Å². The zero-order chi connectivity index (χ0) is 13.2. The molecule has 2 rings (SSSR count). The third-order valence-corrected chi connectivity index (χ3v) is 5.57. The Kier molecular flexibility index (Phi) is 5.01. The van der Waals surface area contributed by atoms with Gasteiger partial charge in [0.15, 0.2) is 0 Å². The van der Waals surface area contributed by atoms with Crippen LogP contribution in [0.2, 0.25) is 0 Å². The molecule has 2 fully saturated rings. The molecule has 2 atom stereocenters. The summed E-state index contributed by atoms with van der Waals surface area (Å²) in [7, 11) is 0. The van der Waals surface area contributed by atoms with Crippen molar-refractivity contribution in [1.82, 2.24) is 10.2 Å². The summed E-state index contributed by atoms with van der Waals surface area (Å²) in [6, 6.07) is 0.731. The van der Waals surface area contributed by atoms with Crippen LogP contribution in [0.15, 0.2) is 0 Å². The van der Waals surface area contributed by atoms with E-state index in [2.05, 4.69) is 49.7 Å². The van der Waals surface area contributed by atoms with Crippen molar-refractivity contribution in [1.29, 1.82) is 0 Å². The molecule has 1 aliphatic heterocycles. The molecule has 0 radical (unpaired) electrons. The summed E-state index contributed by atoms with van der Waals surface area (Å²) in [6.45, 7) is 13.1. The number of nitrogens with zero attached hydrogens (tertiary/aromatic N) is 1. The Bertz CT molecular complexity index is 265. The van der Waals surface area contributed by atoms with Gasteiger partial charge in [0.1, 0.15) is 0 Å². The van der Waals surface area contributed by atoms with Crippen LogP contribution in [0.1, 0.15) is 40.5 Å². The predicted octanol–water partition coefficient (Wildman–Crippen LogP) is 2.84. The highest BCUT2D eigenvalue weighted by Gasteiger charge is 2.46. The van der Waals surface area contributed by atoms with Crippen LogP contribution in [0, 0.1) is 11.8 Å². The van der Waals surface area contributed by atoms with Gasteiger partial charge in [0.25, 0.3) is 0 Å². The molecule has 2 unspecified atom stereocenters. The van der Waals surface area contributed by atoms with Gasteiger partial charge in [-0.3, -0.25) is 4.90 Å². The van der Waals surface area contributed by atoms with Gasteiger partial charge in [-0.15, -0.1) is 0 Å². The lowest BCUT2D eigenvalue weighted by Gasteiger charge is -2.48. The Morgan fingerprint density at radius 1 is 1.39 bits per heavy atom. The SMILES string of the molecule is CCSCCN1CC(C)(C2CC2)NCC1C(C)C. The average Bonchev–Trinajstić information content (AvgIpc) is 3.13. The molecule has 1 heterocycles. The van der Waals surface area contributed by atoms with Gasteiger partial charge in [-0.25, -0.2) is 0 Å². The third kappa shape index (κ3) is 3.43. The van der Waals surface area contributed by atoms with Crippen molar-refractivity contribution < 1.29 is 0 Å². The second-order valence-electron chi connectivity index (χ2n) is 6.55. The Labute approximate surface area is 117 Å². The Morgan fingerprint density at radius 3 is 2.67 bits per heavy atom. The lowest BCUT2D eigenvalue weighted by atomic mass is 9.88. The second kappa shape index (κ2) is 6.15. The molecule has 1 N–H and O–H groups in total. The summed E-state index contributed by atoms with van der Waals surface area (Å²) >= 11 is 2.08. The third-order valence-electron chi connectivity index (χ3n) is 4.69. The Hall–Kier alpha value is 0.270. The number of nitrogens with one attached hydrogen (secondary N) is 1. The standard InChI is InChI=1S/C15H30N2S/c1-5-18-9-8-17-11-15(4,13-6-7-13)16-10-14(17)12(2)3/h12-14,16H,5-11H2,1-4H3. The van der Waals surface area contributed by atoms with Crippen molar-refractivity contribution in [3.8, 4) is 0 Å². The van der Waals surface area contributed by atoms with Crippen LogP contribution in [-0.2, 0) is 0 Å². The van der Waals surface area contributed by atoms with Gasteiger partial charge in [-0.1, -0.05) is 20.8 Å². The summed E-state index contributed by atoms with van der Waals surface area (Å²) < 4.78 is 0. The van der Waals surface area contributed by atoms with Crippen molar-refractivity contribution in [2.45, 2.75) is 52.1 Å². The van der Waals surface area contributed by atoms with E-state index in [9.17, 15) is 0 Å². The van der Waals surface area contributed by atoms with Gasteiger partial charge in [0.2, 0.25) is 0 Å². The topological polar surface area (TPSA) is 15.3 Å². The van der Waals surface area contributed by atoms with E-state index in [4.69, 9.17) is 0 Å². The molecule has 1 saturated heterocycles. The zero-order valence-electron chi connectivity index (χ0n) is 12.5. The van der Waals surface area contributed by atoms with Crippen molar-refractivity contribution in [2.75, 3.05) is 31.1 Å². The Morgan fingerprint density at radius 2 is 2.11 bits per heavy atom. The van der Waals surface area contributed by atoms with Gasteiger partial charge in [-0.05, 0) is 37.4 Å². The van der Waals surface area contributed by atoms with Crippen molar-refractivity contribution in [2.24, 2.45) is 11.8 Å². The van der Waals surface area contributed by atoms with Crippen LogP contribution in [0.3, 0.4) is 0 Å². The van der Waals surface area contributed by atoms with Gasteiger partial charge >= 0.3 is 0 Å². The largest absolute Gasteiger partial charge is 0.308 e. The number of hydrogen-bond acceptors (Lipinski definition) is 3. The van der Waals surface area contributed by atoms with Crippen LogP contribution < -0.4 is 5.32 Å². The molecule has 1 saturated carbocycles. The molecular formula is C15H30N2S. The summed E-state index contributed by atoms with van der Waals surface area (Å²) in [6.07, 6.45) is 2.88. The van der Waals surface area contributed by atoms with E-state index in [1.165, 1.54) is 44.0 Å². The smallest absolute Gasteiger partial charge is 0.0309 e. The summed E-state index contributed by atoms with van der Waals surface area (Å²) in [5.74, 6) is 4.23. The molecule has 1 aliphatic carbocycles. The Balaban J connectivity index is 1.94. The number of hydrogen-bond donors (Lipinski definition) is 1. The van der Waals surface area contributed by atoms with E-state index >= 15 is 0 Å². The maximum absolute atomic E-state index is 3.86. The molecule has 0 aromatic heterocycles. The monoisotopic (exact) mass is 270 g/mol. The first kappa shape index (κ1) is 14.7. The number of rotatable bonds is 6. The lowest BCUT2D eigenvalue weighted by Crippen LogP contribution is -2.65. The van der Waals surface area contributed by atoms with E-state index < -0.39 is 0 Å². The predicted molar refractivity (Wildman–Crippen MR) is 82.3 cm³/mol. The quantitative estimate of drug-likeness (QED) is 0.747. The fourth-order valence-corrected chi connectivity index (χ4v) is 3.94. The minimum absolute atomic E-state index is 0.391. The molecule has 0 aromatic rings. The van der Waals surface area contributed by atoms with Crippen LogP contribution in [0.5, 0.6) is 0 Å². The highest BCUT2D eigenvalue weighted by molar-refractivity contribution is 7.99. The summed E-state index contributed by atoms with van der Waals surface area (Å²) in [5.41, 5.74) is 0.391. The second-order valence-corrected chi connectivity index (χ2v) is 7.95.